The lowest BCUT2D eigenvalue weighted by atomic mass is 9.97. The summed E-state index contributed by atoms with van der Waals surface area (Å²) in [7, 11) is 0. The molecule has 0 radical (unpaired) electrons. The number of carbonyl (C=O) groups is 2. The van der Waals surface area contributed by atoms with Gasteiger partial charge in [-0.3, -0.25) is 19.0 Å². The number of aryl methyl sites for hydroxylation is 1. The molecular weight excluding hydrogens is 404 g/mol. The van der Waals surface area contributed by atoms with E-state index in [1.807, 2.05) is 0 Å². The Morgan fingerprint density at radius 1 is 1.13 bits per heavy atom. The van der Waals surface area contributed by atoms with Gasteiger partial charge in [0.1, 0.15) is 0 Å². The Kier molecular flexibility index (Phi) is 5.14. The smallest absolute Gasteiger partial charge is 0.289 e. The lowest BCUT2D eigenvalue weighted by Gasteiger charge is -2.34. The molecule has 30 heavy (non-hydrogen) atoms. The zero-order valence-electron chi connectivity index (χ0n) is 16.7. The number of nitrogens with zero attached hydrogens (tertiary/aromatic N) is 4. The number of hydrogen-bond acceptors (Lipinski definition) is 6. The highest BCUT2D eigenvalue weighted by Crippen LogP contribution is 2.34. The molecule has 0 bridgehead atoms. The van der Waals surface area contributed by atoms with Gasteiger partial charge in [0.2, 0.25) is 5.91 Å². The lowest BCUT2D eigenvalue weighted by molar-refractivity contribution is -0.133. The number of aromatic nitrogens is 2. The van der Waals surface area contributed by atoms with Crippen LogP contribution in [0.5, 0.6) is 0 Å². The van der Waals surface area contributed by atoms with Crippen LogP contribution in [0, 0.1) is 0 Å². The molecule has 158 valence electrons. The Balaban J connectivity index is 1.24. The van der Waals surface area contributed by atoms with Gasteiger partial charge >= 0.3 is 0 Å². The molecule has 1 atom stereocenters. The van der Waals surface area contributed by atoms with E-state index in [2.05, 4.69) is 0 Å². The zero-order valence-corrected chi connectivity index (χ0v) is 17.5. The second-order valence-electron chi connectivity index (χ2n) is 8.02. The molecule has 3 aliphatic rings. The predicted molar refractivity (Wildman–Crippen MR) is 111 cm³/mol. The molecule has 0 spiro atoms. The minimum Gasteiger partial charge on any atom is -0.459 e. The average molecular weight is 429 g/mol. The molecule has 0 aromatic carbocycles. The van der Waals surface area contributed by atoms with Gasteiger partial charge < -0.3 is 14.2 Å². The fraction of sp³-hybridized carbons (Fsp3) is 0.524. The molecule has 5 rings (SSSR count). The highest BCUT2D eigenvalue weighted by Gasteiger charge is 2.33. The van der Waals surface area contributed by atoms with E-state index >= 15 is 0 Å². The van der Waals surface area contributed by atoms with Crippen molar-refractivity contribution in [2.24, 2.45) is 0 Å². The summed E-state index contributed by atoms with van der Waals surface area (Å²) in [5.41, 5.74) is 1.84. The fourth-order valence-electron chi connectivity index (χ4n) is 4.51. The number of carbonyl (C=O) groups excluding carboxylic acids is 2. The number of thioether (sulfide) groups is 1. The molecule has 2 aromatic rings. The zero-order chi connectivity index (χ0) is 20.7. The third-order valence-corrected chi connectivity index (χ3v) is 7.28. The molecule has 1 saturated heterocycles. The first-order valence-electron chi connectivity index (χ1n) is 10.5. The molecule has 4 heterocycles. The van der Waals surface area contributed by atoms with Crippen molar-refractivity contribution in [2.45, 2.75) is 43.3 Å². The van der Waals surface area contributed by atoms with Crippen LogP contribution in [0.15, 0.2) is 32.8 Å². The van der Waals surface area contributed by atoms with Gasteiger partial charge in [-0.2, -0.15) is 0 Å². The topological polar surface area (TPSA) is 88.7 Å². The van der Waals surface area contributed by atoms with E-state index in [9.17, 15) is 14.4 Å². The lowest BCUT2D eigenvalue weighted by Crippen LogP contribution is -2.51. The van der Waals surface area contributed by atoms with Crippen molar-refractivity contribution in [1.82, 2.24) is 19.4 Å². The van der Waals surface area contributed by atoms with Gasteiger partial charge in [-0.15, -0.1) is 0 Å². The van der Waals surface area contributed by atoms with Crippen LogP contribution in [-0.4, -0.2) is 63.1 Å². The molecule has 2 aliphatic heterocycles. The molecule has 0 N–H and O–H groups in total. The summed E-state index contributed by atoms with van der Waals surface area (Å²) in [6, 6.07) is 3.20. The van der Waals surface area contributed by atoms with E-state index in [1.54, 1.807) is 38.3 Å². The Morgan fingerprint density at radius 3 is 2.67 bits per heavy atom. The van der Waals surface area contributed by atoms with Crippen LogP contribution in [0.3, 0.4) is 0 Å². The minimum atomic E-state index is -0.146. The van der Waals surface area contributed by atoms with Gasteiger partial charge in [0.05, 0.1) is 18.0 Å². The second-order valence-corrected chi connectivity index (χ2v) is 9.01. The highest BCUT2D eigenvalue weighted by atomic mass is 32.2. The Morgan fingerprint density at radius 2 is 1.90 bits per heavy atom. The number of piperazine rings is 1. The first-order chi connectivity index (χ1) is 14.6. The summed E-state index contributed by atoms with van der Waals surface area (Å²) in [4.78, 5) is 46.6. The van der Waals surface area contributed by atoms with Crippen molar-refractivity contribution in [1.29, 1.82) is 0 Å². The van der Waals surface area contributed by atoms with E-state index in [-0.39, 0.29) is 23.4 Å². The molecule has 0 saturated carbocycles. The van der Waals surface area contributed by atoms with Gasteiger partial charge in [0.25, 0.3) is 11.5 Å². The SMILES string of the molecule is O=C(C[C@H]1CSc2nc3c(c(=O)n21)CCCC3)N1CCN(C(=O)c2ccco2)CC1. The van der Waals surface area contributed by atoms with Gasteiger partial charge in [-0.25, -0.2) is 4.98 Å². The van der Waals surface area contributed by atoms with Crippen molar-refractivity contribution in [2.75, 3.05) is 31.9 Å². The summed E-state index contributed by atoms with van der Waals surface area (Å²) < 4.78 is 6.94. The number of fused-ring (bicyclic) bond motifs is 2. The van der Waals surface area contributed by atoms with E-state index in [0.29, 0.717) is 44.1 Å². The van der Waals surface area contributed by atoms with Crippen molar-refractivity contribution < 1.29 is 14.0 Å². The molecular formula is C21H24N4O4S. The second kappa shape index (κ2) is 7.94. The van der Waals surface area contributed by atoms with Crippen molar-refractivity contribution in [3.8, 4) is 0 Å². The Bertz CT molecular complexity index is 1020. The third kappa shape index (κ3) is 3.45. The van der Waals surface area contributed by atoms with Crippen molar-refractivity contribution in [3.63, 3.8) is 0 Å². The van der Waals surface area contributed by atoms with E-state index in [1.165, 1.54) is 6.26 Å². The van der Waals surface area contributed by atoms with Crippen molar-refractivity contribution in [3.05, 3.63) is 45.8 Å². The summed E-state index contributed by atoms with van der Waals surface area (Å²) >= 11 is 1.57. The number of furan rings is 1. The minimum absolute atomic E-state index is 0.0307. The first kappa shape index (κ1) is 19.4. The van der Waals surface area contributed by atoms with Crippen LogP contribution in [0.1, 0.15) is 47.1 Å². The van der Waals surface area contributed by atoms with Gasteiger partial charge in [-0.1, -0.05) is 11.8 Å². The highest BCUT2D eigenvalue weighted by molar-refractivity contribution is 7.99. The average Bonchev–Trinajstić information content (AvgIpc) is 3.44. The molecule has 2 aromatic heterocycles. The van der Waals surface area contributed by atoms with E-state index in [4.69, 9.17) is 9.40 Å². The number of rotatable bonds is 3. The summed E-state index contributed by atoms with van der Waals surface area (Å²) in [5, 5.41) is 0.757. The molecule has 1 aliphatic carbocycles. The fourth-order valence-corrected chi connectivity index (χ4v) is 5.66. The monoisotopic (exact) mass is 428 g/mol. The van der Waals surface area contributed by atoms with Crippen molar-refractivity contribution >= 4 is 23.6 Å². The van der Waals surface area contributed by atoms with E-state index in [0.717, 1.165) is 42.1 Å². The maximum absolute atomic E-state index is 13.0. The maximum atomic E-state index is 13.0. The van der Waals surface area contributed by atoms with Crippen LogP contribution >= 0.6 is 11.8 Å². The molecule has 2 amide bonds. The predicted octanol–water partition coefficient (Wildman–Crippen LogP) is 1.74. The molecule has 1 fully saturated rings. The van der Waals surface area contributed by atoms with Crippen LogP contribution < -0.4 is 5.56 Å². The maximum Gasteiger partial charge on any atom is 0.289 e. The summed E-state index contributed by atoms with van der Waals surface area (Å²) in [5.74, 6) is 0.914. The largest absolute Gasteiger partial charge is 0.459 e. The Hall–Kier alpha value is -2.55. The normalized spacial score (nSPS) is 20.7. The molecule has 0 unspecified atom stereocenters. The summed E-state index contributed by atoms with van der Waals surface area (Å²) in [6.45, 7) is 1.96. The standard InChI is InChI=1S/C21H24N4O4S/c26-18(23-7-9-24(10-8-23)20(28)17-6-3-11-29-17)12-14-13-30-21-22-16-5-2-1-4-15(16)19(27)25(14)21/h3,6,11,14H,1-2,4-5,7-10,12-13H2/t14-/m0/s1. The van der Waals surface area contributed by atoms with Crippen LogP contribution in [-0.2, 0) is 17.6 Å². The van der Waals surface area contributed by atoms with E-state index < -0.39 is 0 Å². The first-order valence-corrected chi connectivity index (χ1v) is 11.5. The van der Waals surface area contributed by atoms with Gasteiger partial charge in [0.15, 0.2) is 10.9 Å². The quantitative estimate of drug-likeness (QED) is 0.692. The number of hydrogen-bond donors (Lipinski definition) is 0. The molecule has 8 nitrogen and oxygen atoms in total. The van der Waals surface area contributed by atoms with Crippen LogP contribution in [0.2, 0.25) is 0 Å². The molecule has 9 heteroatoms. The Labute approximate surface area is 178 Å². The number of amides is 2. The van der Waals surface area contributed by atoms with Crippen LogP contribution in [0.25, 0.3) is 0 Å². The van der Waals surface area contributed by atoms with Crippen LogP contribution in [0.4, 0.5) is 0 Å². The van der Waals surface area contributed by atoms with Gasteiger partial charge in [0, 0.05) is 43.9 Å². The van der Waals surface area contributed by atoms with Gasteiger partial charge in [-0.05, 0) is 37.8 Å². The summed E-state index contributed by atoms with van der Waals surface area (Å²) in [6.07, 6.45) is 5.57. The third-order valence-electron chi connectivity index (χ3n) is 6.18.